The summed E-state index contributed by atoms with van der Waals surface area (Å²) in [6, 6.07) is 0. The van der Waals surface area contributed by atoms with Crippen LogP contribution in [0.4, 0.5) is 5.13 Å². The van der Waals surface area contributed by atoms with Crippen molar-refractivity contribution in [2.45, 2.75) is 13.3 Å². The van der Waals surface area contributed by atoms with E-state index in [4.69, 9.17) is 6.42 Å². The zero-order chi connectivity index (χ0) is 8.10. The van der Waals surface area contributed by atoms with Crippen LogP contribution in [0.25, 0.3) is 0 Å². The summed E-state index contributed by atoms with van der Waals surface area (Å²) in [6.45, 7) is 3.07. The van der Waals surface area contributed by atoms with Gasteiger partial charge in [-0.3, -0.25) is 0 Å². The Bertz CT molecular complexity index is 259. The Morgan fingerprint density at radius 2 is 2.64 bits per heavy atom. The van der Waals surface area contributed by atoms with Gasteiger partial charge in [0.05, 0.1) is 0 Å². The van der Waals surface area contributed by atoms with Crippen molar-refractivity contribution in [1.29, 1.82) is 0 Å². The van der Waals surface area contributed by atoms with Gasteiger partial charge in [0.25, 0.3) is 0 Å². The molecule has 0 radical (unpaired) electrons. The summed E-state index contributed by atoms with van der Waals surface area (Å²) in [5.41, 5.74) is 0.716. The van der Waals surface area contributed by atoms with Crippen molar-refractivity contribution >= 4 is 16.5 Å². The number of rotatable bonds is 3. The lowest BCUT2D eigenvalue weighted by Crippen LogP contribution is -1.98. The first kappa shape index (κ1) is 8.09. The van der Waals surface area contributed by atoms with Gasteiger partial charge in [-0.15, -0.1) is 17.8 Å². The van der Waals surface area contributed by atoms with E-state index in [0.29, 0.717) is 5.69 Å². The molecule has 58 valence electrons. The van der Waals surface area contributed by atoms with Crippen LogP contribution >= 0.6 is 11.3 Å². The molecule has 0 aliphatic heterocycles. The first-order valence-electron chi connectivity index (χ1n) is 3.53. The predicted molar refractivity (Wildman–Crippen MR) is 48.8 cm³/mol. The Labute approximate surface area is 70.7 Å². The highest BCUT2D eigenvalue weighted by molar-refractivity contribution is 7.13. The van der Waals surface area contributed by atoms with Crippen LogP contribution in [0.15, 0.2) is 5.38 Å². The summed E-state index contributed by atoms with van der Waals surface area (Å²) in [4.78, 5) is 4.14. The van der Waals surface area contributed by atoms with E-state index in [2.05, 4.69) is 23.1 Å². The largest absolute Gasteiger partial charge is 0.361 e. The number of anilines is 1. The van der Waals surface area contributed by atoms with Crippen LogP contribution in [0.1, 0.15) is 19.0 Å². The normalized spacial score (nSPS) is 9.09. The number of nitrogens with one attached hydrogen (secondary N) is 1. The number of terminal acetylenes is 1. The van der Waals surface area contributed by atoms with Gasteiger partial charge >= 0.3 is 0 Å². The second kappa shape index (κ2) is 3.99. The van der Waals surface area contributed by atoms with Crippen LogP contribution in [0.3, 0.4) is 0 Å². The molecule has 0 aromatic carbocycles. The van der Waals surface area contributed by atoms with E-state index in [9.17, 15) is 0 Å². The molecule has 1 rings (SSSR count). The third-order valence-corrected chi connectivity index (χ3v) is 1.98. The Morgan fingerprint density at radius 3 is 3.18 bits per heavy atom. The topological polar surface area (TPSA) is 24.9 Å². The second-order valence-corrected chi connectivity index (χ2v) is 2.97. The molecule has 1 aromatic rings. The van der Waals surface area contributed by atoms with Crippen LogP contribution in [0.5, 0.6) is 0 Å². The first-order valence-corrected chi connectivity index (χ1v) is 4.40. The SMILES string of the molecule is C#Cc1csc(NCCC)n1. The van der Waals surface area contributed by atoms with Gasteiger partial charge in [-0.05, 0) is 12.3 Å². The van der Waals surface area contributed by atoms with Crippen LogP contribution in [0.2, 0.25) is 0 Å². The maximum Gasteiger partial charge on any atom is 0.183 e. The van der Waals surface area contributed by atoms with Crippen molar-refractivity contribution < 1.29 is 0 Å². The number of nitrogens with zero attached hydrogens (tertiary/aromatic N) is 1. The summed E-state index contributed by atoms with van der Waals surface area (Å²) in [5.74, 6) is 2.48. The summed E-state index contributed by atoms with van der Waals surface area (Å²) in [7, 11) is 0. The average molecular weight is 166 g/mol. The highest BCUT2D eigenvalue weighted by atomic mass is 32.1. The molecule has 1 aromatic heterocycles. The Hall–Kier alpha value is -1.01. The van der Waals surface area contributed by atoms with Gasteiger partial charge in [0, 0.05) is 11.9 Å². The standard InChI is InChI=1S/C8H10N2S/c1-3-5-9-8-10-7(4-2)6-11-8/h2,6H,3,5H2,1H3,(H,9,10). The van der Waals surface area contributed by atoms with Crippen molar-refractivity contribution in [1.82, 2.24) is 4.98 Å². The summed E-state index contributed by atoms with van der Waals surface area (Å²) in [5, 5.41) is 5.95. The number of hydrogen-bond acceptors (Lipinski definition) is 3. The molecule has 1 N–H and O–H groups in total. The molecule has 3 heteroatoms. The fraction of sp³-hybridized carbons (Fsp3) is 0.375. The third-order valence-electron chi connectivity index (χ3n) is 1.18. The fourth-order valence-electron chi connectivity index (χ4n) is 0.653. The van der Waals surface area contributed by atoms with Crippen molar-refractivity contribution in [2.75, 3.05) is 11.9 Å². The minimum Gasteiger partial charge on any atom is -0.361 e. The molecule has 0 aliphatic carbocycles. The van der Waals surface area contributed by atoms with Crippen LogP contribution in [-0.4, -0.2) is 11.5 Å². The molecule has 0 saturated heterocycles. The summed E-state index contributed by atoms with van der Waals surface area (Å²) in [6.07, 6.45) is 6.26. The zero-order valence-electron chi connectivity index (χ0n) is 6.42. The molecule has 0 amide bonds. The van der Waals surface area contributed by atoms with E-state index < -0.39 is 0 Å². The van der Waals surface area contributed by atoms with Gasteiger partial charge in [-0.1, -0.05) is 6.92 Å². The minimum absolute atomic E-state index is 0.716. The molecule has 0 atom stereocenters. The minimum atomic E-state index is 0.716. The Morgan fingerprint density at radius 1 is 1.82 bits per heavy atom. The zero-order valence-corrected chi connectivity index (χ0v) is 7.24. The van der Waals surface area contributed by atoms with E-state index >= 15 is 0 Å². The van der Waals surface area contributed by atoms with Crippen LogP contribution in [-0.2, 0) is 0 Å². The predicted octanol–water partition coefficient (Wildman–Crippen LogP) is 1.95. The molecule has 0 unspecified atom stereocenters. The van der Waals surface area contributed by atoms with Crippen LogP contribution < -0.4 is 5.32 Å². The summed E-state index contributed by atoms with van der Waals surface area (Å²) >= 11 is 1.55. The van der Waals surface area contributed by atoms with Crippen molar-refractivity contribution in [3.05, 3.63) is 11.1 Å². The lowest BCUT2D eigenvalue weighted by Gasteiger charge is -1.95. The number of thiazole rings is 1. The molecule has 0 saturated carbocycles. The highest BCUT2D eigenvalue weighted by Gasteiger charge is 1.95. The molecule has 1 heterocycles. The first-order chi connectivity index (χ1) is 5.36. The van der Waals surface area contributed by atoms with Gasteiger partial charge in [-0.25, -0.2) is 4.98 Å². The second-order valence-electron chi connectivity index (χ2n) is 2.11. The van der Waals surface area contributed by atoms with E-state index in [-0.39, 0.29) is 0 Å². The van der Waals surface area contributed by atoms with Crippen molar-refractivity contribution in [2.24, 2.45) is 0 Å². The molecular weight excluding hydrogens is 156 g/mol. The third kappa shape index (κ3) is 2.24. The maximum atomic E-state index is 5.16. The lowest BCUT2D eigenvalue weighted by molar-refractivity contribution is 0.976. The summed E-state index contributed by atoms with van der Waals surface area (Å²) < 4.78 is 0. The monoisotopic (exact) mass is 166 g/mol. The quantitative estimate of drug-likeness (QED) is 0.694. The van der Waals surface area contributed by atoms with E-state index in [1.54, 1.807) is 11.3 Å². The van der Waals surface area contributed by atoms with Crippen LogP contribution in [0, 0.1) is 12.3 Å². The Kier molecular flexibility index (Phi) is 2.94. The lowest BCUT2D eigenvalue weighted by atomic mass is 10.5. The average Bonchev–Trinajstić information content (AvgIpc) is 2.48. The van der Waals surface area contributed by atoms with Crippen molar-refractivity contribution in [3.63, 3.8) is 0 Å². The molecule has 11 heavy (non-hydrogen) atoms. The molecule has 0 fully saturated rings. The number of hydrogen-bond donors (Lipinski definition) is 1. The van der Waals surface area contributed by atoms with Gasteiger partial charge in [0.2, 0.25) is 0 Å². The van der Waals surface area contributed by atoms with E-state index in [1.807, 2.05) is 5.38 Å². The van der Waals surface area contributed by atoms with Gasteiger partial charge in [-0.2, -0.15) is 0 Å². The van der Waals surface area contributed by atoms with E-state index in [1.165, 1.54) is 0 Å². The molecule has 0 bridgehead atoms. The molecular formula is C8H10N2S. The number of aromatic nitrogens is 1. The van der Waals surface area contributed by atoms with Gasteiger partial charge in [0.1, 0.15) is 5.69 Å². The van der Waals surface area contributed by atoms with Gasteiger partial charge in [0.15, 0.2) is 5.13 Å². The molecule has 0 aliphatic rings. The van der Waals surface area contributed by atoms with Gasteiger partial charge < -0.3 is 5.32 Å². The Balaban J connectivity index is 2.53. The fourth-order valence-corrected chi connectivity index (χ4v) is 1.33. The molecule has 2 nitrogen and oxygen atoms in total. The molecule has 0 spiro atoms. The van der Waals surface area contributed by atoms with Crippen molar-refractivity contribution in [3.8, 4) is 12.3 Å². The highest BCUT2D eigenvalue weighted by Crippen LogP contribution is 2.13. The smallest absolute Gasteiger partial charge is 0.183 e. The van der Waals surface area contributed by atoms with E-state index in [0.717, 1.165) is 18.1 Å². The maximum absolute atomic E-state index is 5.16.